The van der Waals surface area contributed by atoms with Crippen molar-refractivity contribution in [2.24, 2.45) is 0 Å². The van der Waals surface area contributed by atoms with E-state index in [1.54, 1.807) is 37.4 Å². The fraction of sp³-hybridized carbons (Fsp3) is 0.316. The number of amides is 1. The van der Waals surface area contributed by atoms with E-state index in [1.165, 1.54) is 6.20 Å². The van der Waals surface area contributed by atoms with Gasteiger partial charge in [-0.05, 0) is 37.8 Å². The molecular formula is C19H19N3O3. The standard InChI is InChI=1S/C19H19N3O3/c1-24-18-12-21-16(10-17(18)25-14-7-3-4-8-14)19(23)22-15-9-5-2-6-13(15)11-20/h2,5-6,9-10,12,14H,3-4,7-8H2,1H3,(H,22,23). The Kier molecular flexibility index (Phi) is 5.14. The molecule has 1 aromatic heterocycles. The normalized spacial score (nSPS) is 13.9. The van der Waals surface area contributed by atoms with Crippen molar-refractivity contribution in [1.82, 2.24) is 4.98 Å². The maximum absolute atomic E-state index is 12.5. The predicted molar refractivity (Wildman–Crippen MR) is 92.8 cm³/mol. The molecule has 0 aliphatic heterocycles. The van der Waals surface area contributed by atoms with Gasteiger partial charge in [-0.2, -0.15) is 5.26 Å². The number of para-hydroxylation sites is 1. The number of nitriles is 1. The van der Waals surface area contributed by atoms with Crippen LogP contribution in [-0.4, -0.2) is 24.1 Å². The Balaban J connectivity index is 1.81. The van der Waals surface area contributed by atoms with E-state index in [4.69, 9.17) is 14.7 Å². The Bertz CT molecular complexity index is 808. The number of hydrogen-bond acceptors (Lipinski definition) is 5. The van der Waals surface area contributed by atoms with Crippen molar-refractivity contribution in [3.05, 3.63) is 47.8 Å². The van der Waals surface area contributed by atoms with E-state index in [0.29, 0.717) is 22.7 Å². The highest BCUT2D eigenvalue weighted by Gasteiger charge is 2.20. The average Bonchev–Trinajstić information content (AvgIpc) is 3.15. The molecule has 6 heteroatoms. The van der Waals surface area contributed by atoms with Crippen LogP contribution < -0.4 is 14.8 Å². The van der Waals surface area contributed by atoms with E-state index >= 15 is 0 Å². The summed E-state index contributed by atoms with van der Waals surface area (Å²) in [6.07, 6.45) is 5.93. The molecule has 0 atom stereocenters. The number of anilines is 1. The molecule has 6 nitrogen and oxygen atoms in total. The fourth-order valence-electron chi connectivity index (χ4n) is 2.86. The van der Waals surface area contributed by atoms with E-state index in [-0.39, 0.29) is 11.8 Å². The number of nitrogens with zero attached hydrogens (tertiary/aromatic N) is 2. The molecule has 1 N–H and O–H groups in total. The lowest BCUT2D eigenvalue weighted by molar-refractivity contribution is 0.102. The molecule has 1 aliphatic rings. The smallest absolute Gasteiger partial charge is 0.274 e. The van der Waals surface area contributed by atoms with Crippen LogP contribution in [0, 0.1) is 11.3 Å². The van der Waals surface area contributed by atoms with Crippen molar-refractivity contribution >= 4 is 11.6 Å². The highest BCUT2D eigenvalue weighted by Crippen LogP contribution is 2.31. The van der Waals surface area contributed by atoms with Gasteiger partial charge in [0.25, 0.3) is 5.91 Å². The molecule has 1 saturated carbocycles. The third kappa shape index (κ3) is 3.89. The second-order valence-electron chi connectivity index (χ2n) is 5.86. The zero-order valence-corrected chi connectivity index (χ0v) is 14.0. The van der Waals surface area contributed by atoms with E-state index < -0.39 is 5.91 Å². The van der Waals surface area contributed by atoms with Gasteiger partial charge < -0.3 is 14.8 Å². The summed E-state index contributed by atoms with van der Waals surface area (Å²) in [6.45, 7) is 0. The van der Waals surface area contributed by atoms with Gasteiger partial charge in [0.05, 0.1) is 30.7 Å². The Morgan fingerprint density at radius 3 is 2.76 bits per heavy atom. The van der Waals surface area contributed by atoms with Crippen LogP contribution in [-0.2, 0) is 0 Å². The second-order valence-corrected chi connectivity index (χ2v) is 5.86. The molecule has 1 heterocycles. The van der Waals surface area contributed by atoms with Gasteiger partial charge in [-0.3, -0.25) is 4.79 Å². The van der Waals surface area contributed by atoms with E-state index in [0.717, 1.165) is 25.7 Å². The topological polar surface area (TPSA) is 84.2 Å². The van der Waals surface area contributed by atoms with Gasteiger partial charge in [-0.1, -0.05) is 12.1 Å². The van der Waals surface area contributed by atoms with Gasteiger partial charge in [0, 0.05) is 6.07 Å². The van der Waals surface area contributed by atoms with Gasteiger partial charge in [-0.25, -0.2) is 4.98 Å². The Morgan fingerprint density at radius 2 is 2.04 bits per heavy atom. The van der Waals surface area contributed by atoms with E-state index in [1.807, 2.05) is 0 Å². The van der Waals surface area contributed by atoms with Gasteiger partial charge in [0.15, 0.2) is 11.5 Å². The molecule has 1 aliphatic carbocycles. The summed E-state index contributed by atoms with van der Waals surface area (Å²) in [5.41, 5.74) is 1.05. The maximum atomic E-state index is 12.5. The van der Waals surface area contributed by atoms with Gasteiger partial charge in [0.1, 0.15) is 11.8 Å². The molecule has 0 unspecified atom stereocenters. The fourth-order valence-corrected chi connectivity index (χ4v) is 2.86. The number of benzene rings is 1. The van der Waals surface area contributed by atoms with Crippen LogP contribution in [0.15, 0.2) is 36.5 Å². The third-order valence-corrected chi connectivity index (χ3v) is 4.18. The number of nitrogens with one attached hydrogen (secondary N) is 1. The highest BCUT2D eigenvalue weighted by molar-refractivity contribution is 6.03. The van der Waals surface area contributed by atoms with Crippen LogP contribution >= 0.6 is 0 Å². The first kappa shape index (κ1) is 16.8. The van der Waals surface area contributed by atoms with Crippen LogP contribution in [0.3, 0.4) is 0 Å². The number of pyridine rings is 1. The number of rotatable bonds is 5. The number of carbonyl (C=O) groups is 1. The summed E-state index contributed by atoms with van der Waals surface area (Å²) >= 11 is 0. The molecule has 1 fully saturated rings. The zero-order chi connectivity index (χ0) is 17.6. The number of aromatic nitrogens is 1. The zero-order valence-electron chi connectivity index (χ0n) is 14.0. The van der Waals surface area contributed by atoms with Gasteiger partial charge in [0.2, 0.25) is 0 Å². The third-order valence-electron chi connectivity index (χ3n) is 4.18. The molecule has 2 aromatic rings. The predicted octanol–water partition coefficient (Wildman–Crippen LogP) is 3.54. The molecule has 0 spiro atoms. The molecule has 0 bridgehead atoms. The van der Waals surface area contributed by atoms with Crippen molar-refractivity contribution in [2.75, 3.05) is 12.4 Å². The number of hydrogen-bond donors (Lipinski definition) is 1. The lowest BCUT2D eigenvalue weighted by Crippen LogP contribution is -2.16. The van der Waals surface area contributed by atoms with Crippen LogP contribution in [0.25, 0.3) is 0 Å². The molecule has 0 saturated heterocycles. The monoisotopic (exact) mass is 337 g/mol. The van der Waals surface area contributed by atoms with Gasteiger partial charge in [-0.15, -0.1) is 0 Å². The first-order valence-corrected chi connectivity index (χ1v) is 8.22. The van der Waals surface area contributed by atoms with Crippen molar-refractivity contribution in [3.63, 3.8) is 0 Å². The van der Waals surface area contributed by atoms with Crippen LogP contribution in [0.4, 0.5) is 5.69 Å². The lowest BCUT2D eigenvalue weighted by atomic mass is 10.2. The van der Waals surface area contributed by atoms with Gasteiger partial charge >= 0.3 is 0 Å². The highest BCUT2D eigenvalue weighted by atomic mass is 16.5. The van der Waals surface area contributed by atoms with Crippen molar-refractivity contribution < 1.29 is 14.3 Å². The second kappa shape index (κ2) is 7.67. The summed E-state index contributed by atoms with van der Waals surface area (Å²) in [5, 5.41) is 11.8. The molecule has 1 amide bonds. The Morgan fingerprint density at radius 1 is 1.28 bits per heavy atom. The summed E-state index contributed by atoms with van der Waals surface area (Å²) in [7, 11) is 1.54. The minimum atomic E-state index is -0.401. The summed E-state index contributed by atoms with van der Waals surface area (Å²) in [4.78, 5) is 16.6. The quantitative estimate of drug-likeness (QED) is 0.902. The molecule has 128 valence electrons. The number of carbonyl (C=O) groups excluding carboxylic acids is 1. The minimum Gasteiger partial charge on any atom is -0.491 e. The molecular weight excluding hydrogens is 318 g/mol. The number of methoxy groups -OCH3 is 1. The van der Waals surface area contributed by atoms with E-state index in [9.17, 15) is 4.79 Å². The largest absolute Gasteiger partial charge is 0.491 e. The van der Waals surface area contributed by atoms with Crippen LogP contribution in [0.1, 0.15) is 41.7 Å². The first-order valence-electron chi connectivity index (χ1n) is 8.22. The van der Waals surface area contributed by atoms with Crippen molar-refractivity contribution in [2.45, 2.75) is 31.8 Å². The Labute approximate surface area is 146 Å². The van der Waals surface area contributed by atoms with Crippen LogP contribution in [0.2, 0.25) is 0 Å². The Hall–Kier alpha value is -3.07. The molecule has 1 aromatic carbocycles. The summed E-state index contributed by atoms with van der Waals surface area (Å²) in [6, 6.07) is 10.5. The summed E-state index contributed by atoms with van der Waals surface area (Å²) < 4.78 is 11.3. The minimum absolute atomic E-state index is 0.145. The average molecular weight is 337 g/mol. The molecule has 0 radical (unpaired) electrons. The molecule has 25 heavy (non-hydrogen) atoms. The van der Waals surface area contributed by atoms with Crippen LogP contribution in [0.5, 0.6) is 11.5 Å². The van der Waals surface area contributed by atoms with Crippen molar-refractivity contribution in [1.29, 1.82) is 5.26 Å². The van der Waals surface area contributed by atoms with E-state index in [2.05, 4.69) is 16.4 Å². The first-order chi connectivity index (χ1) is 12.2. The number of ether oxygens (including phenoxy) is 2. The van der Waals surface area contributed by atoms with Crippen molar-refractivity contribution in [3.8, 4) is 17.6 Å². The lowest BCUT2D eigenvalue weighted by Gasteiger charge is -2.16. The molecule has 3 rings (SSSR count). The SMILES string of the molecule is COc1cnc(C(=O)Nc2ccccc2C#N)cc1OC1CCCC1. The summed E-state index contributed by atoms with van der Waals surface area (Å²) in [5.74, 6) is 0.616. The maximum Gasteiger partial charge on any atom is 0.274 e.